The van der Waals surface area contributed by atoms with E-state index < -0.39 is 46.8 Å². The van der Waals surface area contributed by atoms with Crippen LogP contribution in [0.4, 0.5) is 32.0 Å². The number of hydrogen-bond donors (Lipinski definition) is 2. The molecular weight excluding hydrogens is 528 g/mol. The third-order valence-electron chi connectivity index (χ3n) is 6.01. The summed E-state index contributed by atoms with van der Waals surface area (Å²) in [5.41, 5.74) is -1.82. The molecule has 1 aliphatic rings. The average Bonchev–Trinajstić information content (AvgIpc) is 3.21. The van der Waals surface area contributed by atoms with Gasteiger partial charge in [-0.3, -0.25) is 18.3 Å². The van der Waals surface area contributed by atoms with E-state index in [1.807, 2.05) is 0 Å². The number of carbonyl (C=O) groups is 1. The third-order valence-corrected chi connectivity index (χ3v) is 6.81. The Morgan fingerprint density at radius 3 is 2.14 bits per heavy atom. The van der Waals surface area contributed by atoms with Crippen LogP contribution in [0.2, 0.25) is 0 Å². The number of aliphatic carboxylic acids is 1. The van der Waals surface area contributed by atoms with Crippen molar-refractivity contribution in [3.8, 4) is 11.1 Å². The molecule has 0 fully saturated rings. The van der Waals surface area contributed by atoms with Gasteiger partial charge < -0.3 is 5.11 Å². The molecule has 14 heteroatoms. The number of halogens is 6. The first-order valence-electron chi connectivity index (χ1n) is 10.8. The Labute approximate surface area is 208 Å². The van der Waals surface area contributed by atoms with Gasteiger partial charge in [-0.25, -0.2) is 4.21 Å². The highest BCUT2D eigenvalue weighted by molar-refractivity contribution is 7.80. The molecule has 0 radical (unpaired) electrons. The molecule has 0 saturated heterocycles. The van der Waals surface area contributed by atoms with Crippen LogP contribution in [-0.2, 0) is 41.4 Å². The molecule has 1 aliphatic carbocycles. The summed E-state index contributed by atoms with van der Waals surface area (Å²) in [6.07, 6.45) is -7.05. The number of carboxylic acid groups (broad SMARTS) is 1. The number of anilines is 1. The molecular formula is C23H19F6N3O4S. The monoisotopic (exact) mass is 547 g/mol. The van der Waals surface area contributed by atoms with E-state index in [0.717, 1.165) is 4.31 Å². The molecule has 2 N–H and O–H groups in total. The van der Waals surface area contributed by atoms with Crippen molar-refractivity contribution in [2.45, 2.75) is 44.2 Å². The molecule has 4 rings (SSSR count). The maximum Gasteiger partial charge on any atom is 0.416 e. The van der Waals surface area contributed by atoms with E-state index >= 15 is 0 Å². The molecule has 1 aromatic heterocycles. The van der Waals surface area contributed by atoms with Crippen molar-refractivity contribution >= 4 is 22.9 Å². The second-order valence-corrected chi connectivity index (χ2v) is 9.26. The quantitative estimate of drug-likeness (QED) is 0.305. The Balaban J connectivity index is 1.71. The second-order valence-electron chi connectivity index (χ2n) is 8.40. The summed E-state index contributed by atoms with van der Waals surface area (Å²) in [6, 6.07) is 5.78. The van der Waals surface area contributed by atoms with Crippen molar-refractivity contribution in [2.24, 2.45) is 0 Å². The highest BCUT2D eigenvalue weighted by Gasteiger charge is 2.37. The largest absolute Gasteiger partial charge is 0.480 e. The summed E-state index contributed by atoms with van der Waals surface area (Å²) in [6.45, 7) is -0.379. The van der Waals surface area contributed by atoms with Crippen LogP contribution in [0.25, 0.3) is 11.1 Å². The van der Waals surface area contributed by atoms with E-state index in [9.17, 15) is 39.9 Å². The standard InChI is InChI=1S/C23H19F6N3O4S/c24-22(25,26)15-8-14(9-16(10-15)23(27,28)29)13-4-6-17(7-5-13)32(37(35)36)20-3-1-2-19-18(20)11-30-31(19)12-21(33)34/h4-11,20H,1-3,12H2,(H,33,34)(H,35,36). The number of benzene rings is 2. The maximum atomic E-state index is 13.2. The summed E-state index contributed by atoms with van der Waals surface area (Å²) >= 11 is -2.56. The molecule has 3 aromatic rings. The van der Waals surface area contributed by atoms with Gasteiger partial charge in [0, 0.05) is 11.3 Å². The van der Waals surface area contributed by atoms with Crippen molar-refractivity contribution in [3.05, 3.63) is 71.0 Å². The van der Waals surface area contributed by atoms with Crippen LogP contribution in [0.5, 0.6) is 0 Å². The van der Waals surface area contributed by atoms with Gasteiger partial charge in [0.1, 0.15) is 6.54 Å². The van der Waals surface area contributed by atoms with E-state index in [0.29, 0.717) is 42.7 Å². The minimum atomic E-state index is -5.00. The zero-order valence-electron chi connectivity index (χ0n) is 18.8. The molecule has 2 aromatic carbocycles. The number of carboxylic acids is 1. The third kappa shape index (κ3) is 5.64. The number of rotatable bonds is 6. The minimum Gasteiger partial charge on any atom is -0.480 e. The summed E-state index contributed by atoms with van der Waals surface area (Å²) in [4.78, 5) is 11.1. The van der Waals surface area contributed by atoms with E-state index in [2.05, 4.69) is 5.10 Å². The Morgan fingerprint density at radius 2 is 1.62 bits per heavy atom. The molecule has 1 heterocycles. The summed E-state index contributed by atoms with van der Waals surface area (Å²) in [5.74, 6) is -1.10. The van der Waals surface area contributed by atoms with Crippen LogP contribution in [0, 0.1) is 0 Å². The lowest BCUT2D eigenvalue weighted by molar-refractivity contribution is -0.143. The first-order chi connectivity index (χ1) is 17.3. The van der Waals surface area contributed by atoms with Crippen LogP contribution in [0.15, 0.2) is 48.7 Å². The first-order valence-corrected chi connectivity index (χ1v) is 11.9. The van der Waals surface area contributed by atoms with Gasteiger partial charge in [0.15, 0.2) is 0 Å². The topological polar surface area (TPSA) is 95.7 Å². The minimum absolute atomic E-state index is 0.0414. The van der Waals surface area contributed by atoms with Crippen molar-refractivity contribution in [1.29, 1.82) is 0 Å². The van der Waals surface area contributed by atoms with Gasteiger partial charge in [0.25, 0.3) is 11.3 Å². The Kier molecular flexibility index (Phi) is 7.08. The molecule has 2 atom stereocenters. The Hall–Kier alpha value is -3.39. The van der Waals surface area contributed by atoms with Gasteiger partial charge in [-0.15, -0.1) is 0 Å². The van der Waals surface area contributed by atoms with Crippen LogP contribution >= 0.6 is 0 Å². The van der Waals surface area contributed by atoms with Gasteiger partial charge in [-0.05, 0) is 60.7 Å². The molecule has 0 bridgehead atoms. The molecule has 2 unspecified atom stereocenters. The second kappa shape index (κ2) is 9.82. The SMILES string of the molecule is O=C(O)Cn1ncc2c1CCCC2N(c1ccc(-c2cc(C(F)(F)F)cc(C(F)(F)F)c2)cc1)S(=O)O. The maximum absolute atomic E-state index is 13.2. The summed E-state index contributed by atoms with van der Waals surface area (Å²) < 4.78 is 104. The Bertz CT molecular complexity index is 1310. The predicted molar refractivity (Wildman–Crippen MR) is 121 cm³/mol. The molecule has 7 nitrogen and oxygen atoms in total. The number of nitrogens with zero attached hydrogens (tertiary/aromatic N) is 3. The smallest absolute Gasteiger partial charge is 0.416 e. The van der Waals surface area contributed by atoms with Gasteiger partial charge in [-0.2, -0.15) is 31.4 Å². The lowest BCUT2D eigenvalue weighted by atomic mass is 9.92. The number of alkyl halides is 6. The zero-order chi connectivity index (χ0) is 27.1. The lowest BCUT2D eigenvalue weighted by Crippen LogP contribution is -2.33. The van der Waals surface area contributed by atoms with Gasteiger partial charge in [0.05, 0.1) is 29.1 Å². The first kappa shape index (κ1) is 26.7. The highest BCUT2D eigenvalue weighted by Crippen LogP contribution is 2.41. The number of aromatic nitrogens is 2. The molecule has 198 valence electrons. The summed E-state index contributed by atoms with van der Waals surface area (Å²) in [5, 5.41) is 13.2. The molecule has 37 heavy (non-hydrogen) atoms. The number of fused-ring (bicyclic) bond motifs is 1. The van der Waals surface area contributed by atoms with Crippen molar-refractivity contribution < 1.29 is 45.0 Å². The van der Waals surface area contributed by atoms with Crippen LogP contribution in [0.3, 0.4) is 0 Å². The van der Waals surface area contributed by atoms with Crippen molar-refractivity contribution in [2.75, 3.05) is 4.31 Å². The van der Waals surface area contributed by atoms with Gasteiger partial charge in [0.2, 0.25) is 0 Å². The van der Waals surface area contributed by atoms with Crippen LogP contribution < -0.4 is 4.31 Å². The normalized spacial score (nSPS) is 16.8. The van der Waals surface area contributed by atoms with E-state index in [-0.39, 0.29) is 29.4 Å². The molecule has 0 amide bonds. The fourth-order valence-corrected chi connectivity index (χ4v) is 5.14. The fourth-order valence-electron chi connectivity index (χ4n) is 4.40. The lowest BCUT2D eigenvalue weighted by Gasteiger charge is -2.33. The van der Waals surface area contributed by atoms with Gasteiger partial charge in [-0.1, -0.05) is 12.1 Å². The van der Waals surface area contributed by atoms with E-state index in [4.69, 9.17) is 5.11 Å². The van der Waals surface area contributed by atoms with Crippen LogP contribution in [0.1, 0.15) is 41.3 Å². The zero-order valence-corrected chi connectivity index (χ0v) is 19.6. The van der Waals surface area contributed by atoms with Crippen molar-refractivity contribution in [3.63, 3.8) is 0 Å². The molecule has 0 saturated carbocycles. The summed E-state index contributed by atoms with van der Waals surface area (Å²) in [7, 11) is 0. The van der Waals surface area contributed by atoms with E-state index in [1.165, 1.54) is 35.1 Å². The van der Waals surface area contributed by atoms with Crippen LogP contribution in [-0.4, -0.2) is 29.6 Å². The Morgan fingerprint density at radius 1 is 1.03 bits per heavy atom. The van der Waals surface area contributed by atoms with Crippen molar-refractivity contribution in [1.82, 2.24) is 9.78 Å². The molecule has 0 spiro atoms. The van der Waals surface area contributed by atoms with E-state index in [1.54, 1.807) is 0 Å². The highest BCUT2D eigenvalue weighted by atomic mass is 32.2. The fraction of sp³-hybridized carbons (Fsp3) is 0.304. The molecule has 0 aliphatic heterocycles. The average molecular weight is 547 g/mol. The van der Waals surface area contributed by atoms with Gasteiger partial charge >= 0.3 is 18.3 Å². The predicted octanol–water partition coefficient (Wildman–Crippen LogP) is 5.69. The number of hydrogen-bond acceptors (Lipinski definition) is 3.